The summed E-state index contributed by atoms with van der Waals surface area (Å²) < 4.78 is 10.5. The van der Waals surface area contributed by atoms with Crippen molar-refractivity contribution in [2.24, 2.45) is 0 Å². The Morgan fingerprint density at radius 2 is 2.12 bits per heavy atom. The summed E-state index contributed by atoms with van der Waals surface area (Å²) in [5.41, 5.74) is 1.35. The van der Waals surface area contributed by atoms with Gasteiger partial charge in [-0.05, 0) is 24.3 Å². The average Bonchev–Trinajstić information content (AvgIpc) is 3.30. The SMILES string of the molecule is COCCN(Cc1ccco1)C(=O)c1csc(-c2ccc(Cl)cc2)n1. The van der Waals surface area contributed by atoms with Crippen molar-refractivity contribution in [3.63, 3.8) is 0 Å². The van der Waals surface area contributed by atoms with Crippen LogP contribution in [0.5, 0.6) is 0 Å². The first kappa shape index (κ1) is 17.7. The number of methoxy groups -OCH3 is 1. The second-order valence-electron chi connectivity index (χ2n) is 5.34. The number of amides is 1. The number of benzene rings is 1. The van der Waals surface area contributed by atoms with E-state index in [9.17, 15) is 4.79 Å². The lowest BCUT2D eigenvalue weighted by molar-refractivity contribution is 0.0661. The third-order valence-corrected chi connectivity index (χ3v) is 4.74. The number of thiazole rings is 1. The third kappa shape index (κ3) is 4.48. The van der Waals surface area contributed by atoms with Gasteiger partial charge in [-0.3, -0.25) is 4.79 Å². The number of ether oxygens (including phenoxy) is 1. The zero-order chi connectivity index (χ0) is 17.6. The van der Waals surface area contributed by atoms with Crippen molar-refractivity contribution in [2.75, 3.05) is 20.3 Å². The molecule has 1 amide bonds. The molecule has 5 nitrogen and oxygen atoms in total. The van der Waals surface area contributed by atoms with Crippen molar-refractivity contribution >= 4 is 28.8 Å². The fraction of sp³-hybridized carbons (Fsp3) is 0.222. The molecular formula is C18H17ClN2O3S. The van der Waals surface area contributed by atoms with E-state index in [1.165, 1.54) is 11.3 Å². The Labute approximate surface area is 154 Å². The van der Waals surface area contributed by atoms with Gasteiger partial charge in [0.15, 0.2) is 0 Å². The van der Waals surface area contributed by atoms with E-state index in [2.05, 4.69) is 4.98 Å². The summed E-state index contributed by atoms with van der Waals surface area (Å²) >= 11 is 7.34. The van der Waals surface area contributed by atoms with E-state index in [0.29, 0.717) is 30.4 Å². The van der Waals surface area contributed by atoms with E-state index >= 15 is 0 Å². The lowest BCUT2D eigenvalue weighted by atomic mass is 10.2. The summed E-state index contributed by atoms with van der Waals surface area (Å²) in [4.78, 5) is 19.0. The number of hydrogen-bond donors (Lipinski definition) is 0. The van der Waals surface area contributed by atoms with Gasteiger partial charge < -0.3 is 14.1 Å². The molecule has 3 rings (SSSR count). The second-order valence-corrected chi connectivity index (χ2v) is 6.64. The molecule has 1 aromatic carbocycles. The van der Waals surface area contributed by atoms with Crippen LogP contribution in [0.1, 0.15) is 16.2 Å². The zero-order valence-electron chi connectivity index (χ0n) is 13.6. The number of hydrogen-bond acceptors (Lipinski definition) is 5. The van der Waals surface area contributed by atoms with Crippen LogP contribution in [0, 0.1) is 0 Å². The van der Waals surface area contributed by atoms with Crippen LogP contribution >= 0.6 is 22.9 Å². The van der Waals surface area contributed by atoms with E-state index in [1.807, 2.05) is 30.3 Å². The first-order valence-electron chi connectivity index (χ1n) is 7.69. The number of furan rings is 1. The van der Waals surface area contributed by atoms with Crippen molar-refractivity contribution in [3.8, 4) is 10.6 Å². The molecule has 2 heterocycles. The van der Waals surface area contributed by atoms with Crippen LogP contribution in [0.3, 0.4) is 0 Å². The smallest absolute Gasteiger partial charge is 0.273 e. The Kier molecular flexibility index (Phi) is 5.86. The first-order chi connectivity index (χ1) is 12.2. The molecule has 0 radical (unpaired) electrons. The summed E-state index contributed by atoms with van der Waals surface area (Å²) in [6.45, 7) is 1.29. The van der Waals surface area contributed by atoms with Crippen molar-refractivity contribution in [1.29, 1.82) is 0 Å². The summed E-state index contributed by atoms with van der Waals surface area (Å²) in [7, 11) is 1.61. The molecule has 3 aromatic rings. The minimum absolute atomic E-state index is 0.148. The van der Waals surface area contributed by atoms with Crippen LogP contribution in [0.2, 0.25) is 5.02 Å². The van der Waals surface area contributed by atoms with Gasteiger partial charge >= 0.3 is 0 Å². The molecule has 0 saturated carbocycles. The van der Waals surface area contributed by atoms with E-state index in [1.54, 1.807) is 29.7 Å². The second kappa shape index (κ2) is 8.29. The summed E-state index contributed by atoms with van der Waals surface area (Å²) in [5, 5.41) is 3.22. The Morgan fingerprint density at radius 1 is 1.32 bits per heavy atom. The Balaban J connectivity index is 1.78. The molecule has 130 valence electrons. The molecule has 0 saturated heterocycles. The molecule has 0 N–H and O–H groups in total. The molecule has 0 atom stereocenters. The zero-order valence-corrected chi connectivity index (χ0v) is 15.2. The number of nitrogens with zero attached hydrogens (tertiary/aromatic N) is 2. The minimum Gasteiger partial charge on any atom is -0.467 e. The van der Waals surface area contributed by atoms with Crippen molar-refractivity contribution in [3.05, 3.63) is 64.5 Å². The largest absolute Gasteiger partial charge is 0.467 e. The van der Waals surface area contributed by atoms with Gasteiger partial charge in [-0.15, -0.1) is 11.3 Å². The van der Waals surface area contributed by atoms with E-state index in [-0.39, 0.29) is 5.91 Å². The fourth-order valence-electron chi connectivity index (χ4n) is 2.30. The molecule has 7 heteroatoms. The van der Waals surface area contributed by atoms with E-state index in [0.717, 1.165) is 16.3 Å². The molecule has 0 unspecified atom stereocenters. The lowest BCUT2D eigenvalue weighted by Crippen LogP contribution is -2.33. The minimum atomic E-state index is -0.148. The predicted molar refractivity (Wildman–Crippen MR) is 97.9 cm³/mol. The van der Waals surface area contributed by atoms with E-state index < -0.39 is 0 Å². The Morgan fingerprint density at radius 3 is 2.80 bits per heavy atom. The molecule has 0 aliphatic carbocycles. The van der Waals surface area contributed by atoms with Crippen LogP contribution in [0.15, 0.2) is 52.5 Å². The fourth-order valence-corrected chi connectivity index (χ4v) is 3.23. The Hall–Kier alpha value is -2.15. The number of halogens is 1. The highest BCUT2D eigenvalue weighted by atomic mass is 35.5. The van der Waals surface area contributed by atoms with Gasteiger partial charge in [-0.1, -0.05) is 23.7 Å². The highest BCUT2D eigenvalue weighted by molar-refractivity contribution is 7.13. The van der Waals surface area contributed by atoms with Gasteiger partial charge in [0.05, 0.1) is 19.4 Å². The molecule has 0 spiro atoms. The van der Waals surface area contributed by atoms with Crippen LogP contribution in [0.25, 0.3) is 10.6 Å². The average molecular weight is 377 g/mol. The maximum Gasteiger partial charge on any atom is 0.273 e. The summed E-state index contributed by atoms with van der Waals surface area (Å²) in [6.07, 6.45) is 1.59. The summed E-state index contributed by atoms with van der Waals surface area (Å²) in [5.74, 6) is 0.572. The predicted octanol–water partition coefficient (Wildman–Crippen LogP) is 4.35. The monoisotopic (exact) mass is 376 g/mol. The maximum absolute atomic E-state index is 12.8. The molecule has 2 aromatic heterocycles. The van der Waals surface area contributed by atoms with E-state index in [4.69, 9.17) is 20.8 Å². The van der Waals surface area contributed by atoms with Crippen molar-refractivity contribution in [1.82, 2.24) is 9.88 Å². The number of aromatic nitrogens is 1. The van der Waals surface area contributed by atoms with Crippen molar-refractivity contribution < 1.29 is 13.9 Å². The van der Waals surface area contributed by atoms with Gasteiger partial charge in [0, 0.05) is 29.6 Å². The molecule has 0 bridgehead atoms. The van der Waals surface area contributed by atoms with Gasteiger partial charge in [-0.25, -0.2) is 4.98 Å². The number of carbonyl (C=O) groups excluding carboxylic acids is 1. The normalized spacial score (nSPS) is 10.8. The Bertz CT molecular complexity index is 815. The van der Waals surface area contributed by atoms with Crippen LogP contribution < -0.4 is 0 Å². The third-order valence-electron chi connectivity index (χ3n) is 3.59. The highest BCUT2D eigenvalue weighted by Gasteiger charge is 2.20. The van der Waals surface area contributed by atoms with Crippen molar-refractivity contribution in [2.45, 2.75) is 6.54 Å². The van der Waals surface area contributed by atoms with Gasteiger partial charge in [-0.2, -0.15) is 0 Å². The lowest BCUT2D eigenvalue weighted by Gasteiger charge is -2.20. The molecular weight excluding hydrogens is 360 g/mol. The van der Waals surface area contributed by atoms with Crippen LogP contribution in [0.4, 0.5) is 0 Å². The molecule has 25 heavy (non-hydrogen) atoms. The first-order valence-corrected chi connectivity index (χ1v) is 8.95. The summed E-state index contributed by atoms with van der Waals surface area (Å²) in [6, 6.07) is 11.0. The van der Waals surface area contributed by atoms with Gasteiger partial charge in [0.1, 0.15) is 16.5 Å². The van der Waals surface area contributed by atoms with Gasteiger partial charge in [0.2, 0.25) is 0 Å². The number of rotatable bonds is 7. The molecule has 0 aliphatic rings. The quantitative estimate of drug-likeness (QED) is 0.615. The molecule has 0 fully saturated rings. The molecule has 0 aliphatic heterocycles. The van der Waals surface area contributed by atoms with Gasteiger partial charge in [0.25, 0.3) is 5.91 Å². The number of carbonyl (C=O) groups is 1. The standard InChI is InChI=1S/C18H17ClN2O3S/c1-23-10-8-21(11-15-3-2-9-24-15)18(22)16-12-25-17(20-16)13-4-6-14(19)7-5-13/h2-7,9,12H,8,10-11H2,1H3. The highest BCUT2D eigenvalue weighted by Crippen LogP contribution is 2.25. The van der Waals surface area contributed by atoms with Crippen LogP contribution in [-0.2, 0) is 11.3 Å². The van der Waals surface area contributed by atoms with Crippen LogP contribution in [-0.4, -0.2) is 36.1 Å². The maximum atomic E-state index is 12.8. The topological polar surface area (TPSA) is 55.6 Å².